The number of hydrogen-bond acceptors (Lipinski definition) is 3. The Bertz CT molecular complexity index is 402. The molecule has 1 aromatic carbocycles. The van der Waals surface area contributed by atoms with Crippen LogP contribution in [0, 0.1) is 0 Å². The molecule has 0 spiro atoms. The van der Waals surface area contributed by atoms with Gasteiger partial charge in [-0.15, -0.1) is 0 Å². The molecule has 0 atom stereocenters. The van der Waals surface area contributed by atoms with Crippen LogP contribution in [-0.2, 0) is 0 Å². The lowest BCUT2D eigenvalue weighted by Crippen LogP contribution is -2.32. The van der Waals surface area contributed by atoms with E-state index in [4.69, 9.17) is 11.5 Å². The summed E-state index contributed by atoms with van der Waals surface area (Å²) in [6, 6.07) is 5.60. The third kappa shape index (κ3) is 3.12. The molecule has 1 aromatic rings. The third-order valence-corrected chi connectivity index (χ3v) is 2.71. The Labute approximate surface area is 103 Å². The first-order valence-electron chi connectivity index (χ1n) is 5.93. The molecule has 0 saturated heterocycles. The fourth-order valence-corrected chi connectivity index (χ4v) is 1.87. The van der Waals surface area contributed by atoms with Gasteiger partial charge in [0.15, 0.2) is 0 Å². The lowest BCUT2D eigenvalue weighted by Gasteiger charge is -2.29. The van der Waals surface area contributed by atoms with Crippen LogP contribution >= 0.6 is 0 Å². The van der Waals surface area contributed by atoms with Crippen LogP contribution in [0.2, 0.25) is 0 Å². The molecule has 0 aromatic heterocycles. The normalized spacial score (nSPS) is 10.6. The van der Waals surface area contributed by atoms with E-state index in [1.54, 1.807) is 12.1 Å². The van der Waals surface area contributed by atoms with E-state index in [2.05, 4.69) is 25.7 Å². The minimum atomic E-state index is -0.449. The maximum Gasteiger partial charge on any atom is 0.248 e. The number of primary amides is 1. The Hall–Kier alpha value is -1.71. The predicted molar refractivity (Wildman–Crippen MR) is 72.1 cm³/mol. The van der Waals surface area contributed by atoms with Gasteiger partial charge >= 0.3 is 0 Å². The summed E-state index contributed by atoms with van der Waals surface area (Å²) in [5, 5.41) is 0. The number of benzene rings is 1. The van der Waals surface area contributed by atoms with Crippen molar-refractivity contribution in [1.29, 1.82) is 0 Å². The molecular weight excluding hydrogens is 214 g/mol. The molecule has 1 rings (SSSR count). The fourth-order valence-electron chi connectivity index (χ4n) is 1.87. The molecular formula is C13H21N3O. The van der Waals surface area contributed by atoms with Gasteiger partial charge in [-0.25, -0.2) is 0 Å². The van der Waals surface area contributed by atoms with Crippen molar-refractivity contribution >= 4 is 17.3 Å². The average molecular weight is 235 g/mol. The SMILES string of the molecule is CCCN(c1ccc(C(N)=O)cc1N)C(C)C. The summed E-state index contributed by atoms with van der Waals surface area (Å²) in [7, 11) is 0. The van der Waals surface area contributed by atoms with E-state index in [1.165, 1.54) is 0 Å². The summed E-state index contributed by atoms with van der Waals surface area (Å²) < 4.78 is 0. The largest absolute Gasteiger partial charge is 0.397 e. The van der Waals surface area contributed by atoms with Crippen molar-refractivity contribution in [3.63, 3.8) is 0 Å². The standard InChI is InChI=1S/C13H21N3O/c1-4-7-16(9(2)3)12-6-5-10(13(15)17)8-11(12)14/h5-6,8-9H,4,7,14H2,1-3H3,(H2,15,17). The summed E-state index contributed by atoms with van der Waals surface area (Å²) in [6.45, 7) is 7.31. The number of anilines is 2. The van der Waals surface area contributed by atoms with E-state index in [-0.39, 0.29) is 0 Å². The molecule has 0 unspecified atom stereocenters. The van der Waals surface area contributed by atoms with Crippen molar-refractivity contribution < 1.29 is 4.79 Å². The van der Waals surface area contributed by atoms with Gasteiger partial charge in [0, 0.05) is 18.2 Å². The number of nitrogens with two attached hydrogens (primary N) is 2. The molecule has 94 valence electrons. The molecule has 0 fully saturated rings. The van der Waals surface area contributed by atoms with Gasteiger partial charge in [-0.05, 0) is 38.5 Å². The van der Waals surface area contributed by atoms with Gasteiger partial charge in [0.2, 0.25) is 5.91 Å². The molecule has 17 heavy (non-hydrogen) atoms. The highest BCUT2D eigenvalue weighted by Crippen LogP contribution is 2.26. The minimum Gasteiger partial charge on any atom is -0.397 e. The minimum absolute atomic E-state index is 0.372. The van der Waals surface area contributed by atoms with Crippen molar-refractivity contribution in [1.82, 2.24) is 0 Å². The molecule has 0 bridgehead atoms. The number of carbonyl (C=O) groups excluding carboxylic acids is 1. The third-order valence-electron chi connectivity index (χ3n) is 2.71. The monoisotopic (exact) mass is 235 g/mol. The van der Waals surface area contributed by atoms with Crippen LogP contribution in [0.4, 0.5) is 11.4 Å². The Morgan fingerprint density at radius 2 is 2.06 bits per heavy atom. The van der Waals surface area contributed by atoms with Gasteiger partial charge in [0.25, 0.3) is 0 Å². The highest BCUT2D eigenvalue weighted by molar-refractivity contribution is 5.94. The van der Waals surface area contributed by atoms with Gasteiger partial charge in [-0.3, -0.25) is 4.79 Å². The first-order valence-corrected chi connectivity index (χ1v) is 5.93. The van der Waals surface area contributed by atoms with Crippen molar-refractivity contribution in [2.45, 2.75) is 33.2 Å². The summed E-state index contributed by atoms with van der Waals surface area (Å²) >= 11 is 0. The van der Waals surface area contributed by atoms with Gasteiger partial charge in [0.1, 0.15) is 0 Å². The lowest BCUT2D eigenvalue weighted by atomic mass is 10.1. The Kier molecular flexibility index (Phi) is 4.37. The molecule has 0 aliphatic heterocycles. The Balaban J connectivity index is 3.08. The molecule has 0 aliphatic carbocycles. The van der Waals surface area contributed by atoms with E-state index in [0.29, 0.717) is 17.3 Å². The zero-order valence-electron chi connectivity index (χ0n) is 10.7. The molecule has 0 aliphatic rings. The first kappa shape index (κ1) is 13.4. The Morgan fingerprint density at radius 3 is 2.47 bits per heavy atom. The first-order chi connectivity index (χ1) is 7.97. The summed E-state index contributed by atoms with van der Waals surface area (Å²) in [5.74, 6) is -0.449. The van der Waals surface area contributed by atoms with Gasteiger partial charge < -0.3 is 16.4 Å². The number of nitrogen functional groups attached to an aromatic ring is 1. The van der Waals surface area contributed by atoms with Crippen molar-refractivity contribution in [3.8, 4) is 0 Å². The van der Waals surface area contributed by atoms with Crippen molar-refractivity contribution in [3.05, 3.63) is 23.8 Å². The van der Waals surface area contributed by atoms with E-state index >= 15 is 0 Å². The smallest absolute Gasteiger partial charge is 0.248 e. The summed E-state index contributed by atoms with van der Waals surface area (Å²) in [6.07, 6.45) is 1.05. The maximum absolute atomic E-state index is 11.0. The van der Waals surface area contributed by atoms with Crippen LogP contribution in [0.25, 0.3) is 0 Å². The molecule has 4 N–H and O–H groups in total. The van der Waals surface area contributed by atoms with E-state index in [1.807, 2.05) is 6.07 Å². The molecule has 0 heterocycles. The number of nitrogens with zero attached hydrogens (tertiary/aromatic N) is 1. The second-order valence-corrected chi connectivity index (χ2v) is 4.42. The van der Waals surface area contributed by atoms with Gasteiger partial charge in [-0.2, -0.15) is 0 Å². The quantitative estimate of drug-likeness (QED) is 0.767. The predicted octanol–water partition coefficient (Wildman–Crippen LogP) is 1.99. The highest BCUT2D eigenvalue weighted by atomic mass is 16.1. The molecule has 4 heteroatoms. The van der Waals surface area contributed by atoms with Crippen LogP contribution < -0.4 is 16.4 Å². The number of hydrogen-bond donors (Lipinski definition) is 2. The number of amides is 1. The van der Waals surface area contributed by atoms with Crippen LogP contribution in [0.1, 0.15) is 37.6 Å². The second kappa shape index (κ2) is 5.57. The van der Waals surface area contributed by atoms with E-state index < -0.39 is 5.91 Å². The average Bonchev–Trinajstić information content (AvgIpc) is 2.26. The topological polar surface area (TPSA) is 72.3 Å². The summed E-state index contributed by atoms with van der Waals surface area (Å²) in [5.41, 5.74) is 13.2. The number of carbonyl (C=O) groups is 1. The highest BCUT2D eigenvalue weighted by Gasteiger charge is 2.13. The number of rotatable bonds is 5. The van der Waals surface area contributed by atoms with Crippen LogP contribution in [0.15, 0.2) is 18.2 Å². The van der Waals surface area contributed by atoms with Gasteiger partial charge in [-0.1, -0.05) is 6.92 Å². The Morgan fingerprint density at radius 1 is 1.41 bits per heavy atom. The molecule has 1 amide bonds. The zero-order valence-corrected chi connectivity index (χ0v) is 10.7. The summed E-state index contributed by atoms with van der Waals surface area (Å²) in [4.78, 5) is 13.3. The van der Waals surface area contributed by atoms with E-state index in [0.717, 1.165) is 18.7 Å². The van der Waals surface area contributed by atoms with Gasteiger partial charge in [0.05, 0.1) is 11.4 Å². The van der Waals surface area contributed by atoms with Crippen molar-refractivity contribution in [2.75, 3.05) is 17.2 Å². The maximum atomic E-state index is 11.0. The fraction of sp³-hybridized carbons (Fsp3) is 0.462. The molecule has 0 radical (unpaired) electrons. The zero-order chi connectivity index (χ0) is 13.0. The second-order valence-electron chi connectivity index (χ2n) is 4.42. The van der Waals surface area contributed by atoms with Crippen LogP contribution in [-0.4, -0.2) is 18.5 Å². The van der Waals surface area contributed by atoms with Crippen LogP contribution in [0.3, 0.4) is 0 Å². The van der Waals surface area contributed by atoms with E-state index in [9.17, 15) is 4.79 Å². The molecule has 0 saturated carbocycles. The molecule has 4 nitrogen and oxygen atoms in total. The lowest BCUT2D eigenvalue weighted by molar-refractivity contribution is 0.100. The van der Waals surface area contributed by atoms with Crippen LogP contribution in [0.5, 0.6) is 0 Å². The van der Waals surface area contributed by atoms with Crippen molar-refractivity contribution in [2.24, 2.45) is 5.73 Å².